The van der Waals surface area contributed by atoms with Gasteiger partial charge < -0.3 is 40.3 Å². The third-order valence-corrected chi connectivity index (χ3v) is 11.3. The lowest BCUT2D eigenvalue weighted by Crippen LogP contribution is -2.60. The quantitative estimate of drug-likeness (QED) is 0.0262. The van der Waals surface area contributed by atoms with Crippen molar-refractivity contribution in [1.29, 1.82) is 0 Å². The van der Waals surface area contributed by atoms with Gasteiger partial charge >= 0.3 is 0 Å². The summed E-state index contributed by atoms with van der Waals surface area (Å²) >= 11 is 0. The predicted octanol–water partition coefficient (Wildman–Crippen LogP) is 12.0. The summed E-state index contributed by atoms with van der Waals surface area (Å²) in [7, 11) is 0. The van der Waals surface area contributed by atoms with E-state index in [1.807, 2.05) is 6.08 Å². The standard InChI is InChI=1S/C57H93NO8/c1-3-5-7-9-11-12-13-14-15-16-17-18-19-20-21-22-23-24-25-26-27-28-29-30-31-32-33-34-35-36-37-38-39-40-41-43-45-47-53(61)58-50(51(60)46-44-42-10-8-6-4-2)49-65-57-56(64)55(63)54(62)52(48-59)66-57/h5,7,11-12,14-15,17-18,20-21,23-24,26-27,29-30,32-33,44,46,50-52,54-57,59-60,62-64H,3-4,6,8-10,13,16,19,22,25,28,31,34-43,45,47-49H2,1-2H3,(H,58,61)/b7-5-,12-11-,15-14-,18-17-,21-20-,24-23-,27-26-,30-29-,33-32-,46-44+. The van der Waals surface area contributed by atoms with Gasteiger partial charge in [-0.05, 0) is 89.9 Å². The van der Waals surface area contributed by atoms with E-state index in [0.29, 0.717) is 6.42 Å². The average Bonchev–Trinajstić information content (AvgIpc) is 3.32. The minimum Gasteiger partial charge on any atom is -0.394 e. The molecule has 0 aromatic carbocycles. The number of ether oxygens (including phenoxy) is 2. The Labute approximate surface area is 401 Å². The van der Waals surface area contributed by atoms with Crippen LogP contribution in [0.5, 0.6) is 0 Å². The summed E-state index contributed by atoms with van der Waals surface area (Å²) in [5.74, 6) is -0.196. The zero-order valence-electron chi connectivity index (χ0n) is 41.1. The highest BCUT2D eigenvalue weighted by Crippen LogP contribution is 2.22. The van der Waals surface area contributed by atoms with E-state index >= 15 is 0 Å². The monoisotopic (exact) mass is 920 g/mol. The third-order valence-electron chi connectivity index (χ3n) is 11.3. The van der Waals surface area contributed by atoms with Crippen molar-refractivity contribution in [2.75, 3.05) is 13.2 Å². The average molecular weight is 920 g/mol. The van der Waals surface area contributed by atoms with Crippen molar-refractivity contribution in [2.45, 2.75) is 217 Å². The second-order valence-corrected chi connectivity index (χ2v) is 17.2. The van der Waals surface area contributed by atoms with E-state index in [0.717, 1.165) is 122 Å². The summed E-state index contributed by atoms with van der Waals surface area (Å²) in [6, 6.07) is -0.812. The summed E-state index contributed by atoms with van der Waals surface area (Å²) in [6.45, 7) is 3.54. The molecule has 1 rings (SSSR count). The summed E-state index contributed by atoms with van der Waals surface area (Å²) in [5.41, 5.74) is 0. The Morgan fingerprint density at radius 1 is 0.530 bits per heavy atom. The predicted molar refractivity (Wildman–Crippen MR) is 276 cm³/mol. The SMILES string of the molecule is CC/C=C\C/C=C\C/C=C\C/C=C\C/C=C\C/C=C\C/C=C\C/C=C\C/C=C\CCCCCCCCCCCC(=O)NC(COC1OC(CO)C(O)C(O)C1O)C(O)/C=C/CCCCCC. The van der Waals surface area contributed by atoms with Crippen molar-refractivity contribution in [3.63, 3.8) is 0 Å². The number of nitrogens with one attached hydrogen (secondary N) is 1. The van der Waals surface area contributed by atoms with Gasteiger partial charge in [0.05, 0.1) is 25.4 Å². The second kappa shape index (κ2) is 45.4. The van der Waals surface area contributed by atoms with Gasteiger partial charge in [0, 0.05) is 6.42 Å². The first-order valence-electron chi connectivity index (χ1n) is 25.8. The van der Waals surface area contributed by atoms with Gasteiger partial charge in [-0.15, -0.1) is 0 Å². The molecule has 0 saturated carbocycles. The molecular formula is C57H93NO8. The Morgan fingerprint density at radius 2 is 0.939 bits per heavy atom. The topological polar surface area (TPSA) is 149 Å². The van der Waals surface area contributed by atoms with Crippen LogP contribution >= 0.6 is 0 Å². The number of allylic oxidation sites excluding steroid dienone is 19. The fourth-order valence-corrected chi connectivity index (χ4v) is 7.20. The van der Waals surface area contributed by atoms with E-state index in [1.54, 1.807) is 6.08 Å². The van der Waals surface area contributed by atoms with Crippen LogP contribution in [-0.4, -0.2) is 87.5 Å². The normalized spacial score (nSPS) is 20.9. The van der Waals surface area contributed by atoms with E-state index < -0.39 is 49.5 Å². The molecule has 6 N–H and O–H groups in total. The smallest absolute Gasteiger partial charge is 0.220 e. The molecule has 1 fully saturated rings. The molecule has 66 heavy (non-hydrogen) atoms. The van der Waals surface area contributed by atoms with Gasteiger partial charge in [0.2, 0.25) is 5.91 Å². The summed E-state index contributed by atoms with van der Waals surface area (Å²) in [5, 5.41) is 53.9. The summed E-state index contributed by atoms with van der Waals surface area (Å²) in [6.07, 6.45) is 61.6. The van der Waals surface area contributed by atoms with Crippen LogP contribution in [0.25, 0.3) is 0 Å². The maximum absolute atomic E-state index is 12.9. The van der Waals surface area contributed by atoms with Crippen molar-refractivity contribution in [3.8, 4) is 0 Å². The van der Waals surface area contributed by atoms with Crippen LogP contribution in [0.15, 0.2) is 122 Å². The van der Waals surface area contributed by atoms with Gasteiger partial charge in [0.25, 0.3) is 0 Å². The van der Waals surface area contributed by atoms with Crippen LogP contribution in [0.4, 0.5) is 0 Å². The van der Waals surface area contributed by atoms with E-state index in [-0.39, 0.29) is 12.5 Å². The highest BCUT2D eigenvalue weighted by atomic mass is 16.7. The van der Waals surface area contributed by atoms with E-state index in [4.69, 9.17) is 9.47 Å². The first-order valence-corrected chi connectivity index (χ1v) is 25.8. The minimum atomic E-state index is -1.57. The van der Waals surface area contributed by atoms with Crippen molar-refractivity contribution >= 4 is 5.91 Å². The number of amides is 1. The van der Waals surface area contributed by atoms with Crippen molar-refractivity contribution in [1.82, 2.24) is 5.32 Å². The van der Waals surface area contributed by atoms with E-state index in [9.17, 15) is 30.3 Å². The number of hydrogen-bond donors (Lipinski definition) is 6. The van der Waals surface area contributed by atoms with Crippen LogP contribution in [-0.2, 0) is 14.3 Å². The Morgan fingerprint density at radius 3 is 1.39 bits per heavy atom. The third kappa shape index (κ3) is 34.8. The van der Waals surface area contributed by atoms with Crippen molar-refractivity contribution < 1.29 is 39.8 Å². The Hall–Kier alpha value is -3.41. The number of rotatable bonds is 41. The molecule has 0 aromatic rings. The Bertz CT molecular complexity index is 1440. The highest BCUT2D eigenvalue weighted by molar-refractivity contribution is 5.76. The first kappa shape index (κ1) is 60.6. The lowest BCUT2D eigenvalue weighted by Gasteiger charge is -2.40. The molecule has 1 aliphatic heterocycles. The van der Waals surface area contributed by atoms with Crippen LogP contribution in [0.2, 0.25) is 0 Å². The fourth-order valence-electron chi connectivity index (χ4n) is 7.20. The minimum absolute atomic E-state index is 0.196. The molecule has 1 amide bonds. The maximum atomic E-state index is 12.9. The molecule has 0 spiro atoms. The van der Waals surface area contributed by atoms with Crippen LogP contribution in [0.1, 0.15) is 174 Å². The highest BCUT2D eigenvalue weighted by Gasteiger charge is 2.44. The molecule has 9 heteroatoms. The molecule has 0 radical (unpaired) electrons. The zero-order valence-corrected chi connectivity index (χ0v) is 41.1. The fraction of sp³-hybridized carbons (Fsp3) is 0.632. The van der Waals surface area contributed by atoms with Crippen LogP contribution in [0, 0.1) is 0 Å². The molecule has 1 saturated heterocycles. The molecule has 7 atom stereocenters. The van der Waals surface area contributed by atoms with Gasteiger partial charge in [-0.3, -0.25) is 4.79 Å². The van der Waals surface area contributed by atoms with Crippen molar-refractivity contribution in [3.05, 3.63) is 122 Å². The van der Waals surface area contributed by atoms with Gasteiger partial charge in [-0.2, -0.15) is 0 Å². The van der Waals surface area contributed by atoms with Crippen LogP contribution in [0.3, 0.4) is 0 Å². The molecule has 9 nitrogen and oxygen atoms in total. The van der Waals surface area contributed by atoms with Crippen molar-refractivity contribution in [2.24, 2.45) is 0 Å². The Kier molecular flexibility index (Phi) is 41.7. The lowest BCUT2D eigenvalue weighted by molar-refractivity contribution is -0.302. The number of aliphatic hydroxyl groups is 5. The molecular weight excluding hydrogens is 827 g/mol. The first-order chi connectivity index (χ1) is 32.3. The van der Waals surface area contributed by atoms with Gasteiger partial charge in [0.1, 0.15) is 24.4 Å². The van der Waals surface area contributed by atoms with E-state index in [2.05, 4.69) is 129 Å². The maximum Gasteiger partial charge on any atom is 0.220 e. The molecule has 0 aliphatic carbocycles. The number of carbonyl (C=O) groups excluding carboxylic acids is 1. The van der Waals surface area contributed by atoms with Gasteiger partial charge in [-0.25, -0.2) is 0 Å². The zero-order chi connectivity index (χ0) is 48.0. The summed E-state index contributed by atoms with van der Waals surface area (Å²) in [4.78, 5) is 12.9. The number of hydrogen-bond acceptors (Lipinski definition) is 8. The van der Waals surface area contributed by atoms with Gasteiger partial charge in [-0.1, -0.05) is 200 Å². The molecule has 0 aromatic heterocycles. The van der Waals surface area contributed by atoms with E-state index in [1.165, 1.54) is 32.1 Å². The lowest BCUT2D eigenvalue weighted by atomic mass is 9.99. The molecule has 1 aliphatic rings. The Balaban J connectivity index is 2.10. The second-order valence-electron chi connectivity index (χ2n) is 17.2. The number of aliphatic hydroxyl groups excluding tert-OH is 5. The molecule has 1 heterocycles. The van der Waals surface area contributed by atoms with Gasteiger partial charge in [0.15, 0.2) is 6.29 Å². The molecule has 0 bridgehead atoms. The molecule has 374 valence electrons. The number of carbonyl (C=O) groups is 1. The molecule has 7 unspecified atom stereocenters. The number of unbranched alkanes of at least 4 members (excludes halogenated alkanes) is 13. The van der Waals surface area contributed by atoms with Crippen LogP contribution < -0.4 is 5.32 Å². The summed E-state index contributed by atoms with van der Waals surface area (Å²) < 4.78 is 11.1. The largest absolute Gasteiger partial charge is 0.394 e.